The molecule has 0 radical (unpaired) electrons. The summed E-state index contributed by atoms with van der Waals surface area (Å²) < 4.78 is 0. The predicted octanol–water partition coefficient (Wildman–Crippen LogP) is 4.79. The van der Waals surface area contributed by atoms with Crippen LogP contribution in [0.4, 0.5) is 21.9 Å². The van der Waals surface area contributed by atoms with Crippen molar-refractivity contribution < 1.29 is 9.72 Å². The number of nitrogens with zero attached hydrogens (tertiary/aromatic N) is 2. The van der Waals surface area contributed by atoms with E-state index in [4.69, 9.17) is 0 Å². The first-order chi connectivity index (χ1) is 12.6. The first kappa shape index (κ1) is 17.4. The number of nitrogens with one attached hydrogen (secondary N) is 2. The molecule has 8 heteroatoms. The van der Waals surface area contributed by atoms with Gasteiger partial charge < -0.3 is 10.6 Å². The normalized spacial score (nSPS) is 10.2. The fraction of sp³-hybridized carbons (Fsp3) is 0. The summed E-state index contributed by atoms with van der Waals surface area (Å²) in [5, 5.41) is 16.1. The van der Waals surface area contributed by atoms with Crippen molar-refractivity contribution in [2.24, 2.45) is 0 Å². The number of carbonyl (C=O) groups is 1. The molecule has 1 aromatic heterocycles. The van der Waals surface area contributed by atoms with E-state index in [1.54, 1.807) is 48.8 Å². The average Bonchev–Trinajstić information content (AvgIpc) is 2.64. The molecule has 0 aliphatic carbocycles. The summed E-state index contributed by atoms with van der Waals surface area (Å²) in [5.41, 5.74) is 1.38. The predicted molar refractivity (Wildman–Crippen MR) is 101 cm³/mol. The number of nitro groups is 1. The molecule has 2 amide bonds. The molecule has 1 heterocycles. The van der Waals surface area contributed by atoms with Crippen LogP contribution in [-0.4, -0.2) is 15.9 Å². The van der Waals surface area contributed by atoms with E-state index in [-0.39, 0.29) is 11.7 Å². The minimum Gasteiger partial charge on any atom is -0.308 e. The second kappa shape index (κ2) is 8.13. The Morgan fingerprint density at radius 2 is 1.35 bits per heavy atom. The first-order valence-electron chi connectivity index (χ1n) is 7.60. The highest BCUT2D eigenvalue weighted by atomic mass is 32.2. The van der Waals surface area contributed by atoms with Gasteiger partial charge in [0.15, 0.2) is 0 Å². The number of non-ortho nitro benzene ring substituents is 1. The zero-order chi connectivity index (χ0) is 18.4. The third-order valence-corrected chi connectivity index (χ3v) is 4.35. The number of urea groups is 1. The van der Waals surface area contributed by atoms with Crippen LogP contribution in [0.25, 0.3) is 0 Å². The molecule has 0 unspecified atom stereocenters. The zero-order valence-electron chi connectivity index (χ0n) is 13.5. The van der Waals surface area contributed by atoms with E-state index < -0.39 is 4.92 Å². The third-order valence-electron chi connectivity index (χ3n) is 3.33. The summed E-state index contributed by atoms with van der Waals surface area (Å²) in [6.45, 7) is 0. The van der Waals surface area contributed by atoms with Gasteiger partial charge in [0.25, 0.3) is 5.69 Å². The number of pyridine rings is 1. The van der Waals surface area contributed by atoms with E-state index in [2.05, 4.69) is 15.6 Å². The number of amides is 2. The van der Waals surface area contributed by atoms with Gasteiger partial charge in [0.2, 0.25) is 0 Å². The van der Waals surface area contributed by atoms with Crippen LogP contribution < -0.4 is 10.6 Å². The van der Waals surface area contributed by atoms with E-state index >= 15 is 0 Å². The Balaban J connectivity index is 1.57. The molecule has 130 valence electrons. The molecule has 3 rings (SSSR count). The zero-order valence-corrected chi connectivity index (χ0v) is 14.3. The first-order valence-corrected chi connectivity index (χ1v) is 8.42. The molecular weight excluding hydrogens is 352 g/mol. The van der Waals surface area contributed by atoms with Crippen LogP contribution in [0.2, 0.25) is 0 Å². The van der Waals surface area contributed by atoms with Crippen molar-refractivity contribution in [3.63, 3.8) is 0 Å². The van der Waals surface area contributed by atoms with Crippen LogP contribution in [-0.2, 0) is 0 Å². The van der Waals surface area contributed by atoms with Gasteiger partial charge in [-0.3, -0.25) is 15.1 Å². The van der Waals surface area contributed by atoms with Crippen molar-refractivity contribution in [1.82, 2.24) is 4.98 Å². The quantitative estimate of drug-likeness (QED) is 0.500. The fourth-order valence-electron chi connectivity index (χ4n) is 2.11. The smallest absolute Gasteiger partial charge is 0.308 e. The summed E-state index contributed by atoms with van der Waals surface area (Å²) in [5.74, 6) is 0. The van der Waals surface area contributed by atoms with Crippen molar-refractivity contribution in [2.75, 3.05) is 10.6 Å². The minimum atomic E-state index is -0.425. The number of rotatable bonds is 5. The summed E-state index contributed by atoms with van der Waals surface area (Å²) in [6, 6.07) is 16.7. The minimum absolute atomic E-state index is 0.0640. The molecule has 7 nitrogen and oxygen atoms in total. The number of benzene rings is 2. The Morgan fingerprint density at radius 1 is 0.846 bits per heavy atom. The third kappa shape index (κ3) is 4.81. The van der Waals surface area contributed by atoms with E-state index in [1.165, 1.54) is 23.9 Å². The molecule has 0 aliphatic rings. The molecule has 3 aromatic rings. The number of hydrogen-bond acceptors (Lipinski definition) is 5. The molecule has 0 aliphatic heterocycles. The SMILES string of the molecule is O=C(Nc1ccncc1)Nc1ccc(Sc2ccc([N+](=O)[O-])cc2)cc1. The monoisotopic (exact) mass is 366 g/mol. The van der Waals surface area contributed by atoms with Crippen LogP contribution >= 0.6 is 11.8 Å². The molecule has 0 fully saturated rings. The summed E-state index contributed by atoms with van der Waals surface area (Å²) >= 11 is 1.48. The van der Waals surface area contributed by atoms with Crippen molar-refractivity contribution in [2.45, 2.75) is 9.79 Å². The van der Waals surface area contributed by atoms with Crippen molar-refractivity contribution in [3.05, 3.63) is 83.2 Å². The van der Waals surface area contributed by atoms with Gasteiger partial charge in [-0.25, -0.2) is 4.79 Å². The largest absolute Gasteiger partial charge is 0.323 e. The van der Waals surface area contributed by atoms with Gasteiger partial charge >= 0.3 is 6.03 Å². The molecule has 0 saturated carbocycles. The molecule has 0 bridgehead atoms. The van der Waals surface area contributed by atoms with Gasteiger partial charge in [0.05, 0.1) is 4.92 Å². The fourth-order valence-corrected chi connectivity index (χ4v) is 2.92. The maximum absolute atomic E-state index is 11.9. The maximum atomic E-state index is 11.9. The highest BCUT2D eigenvalue weighted by molar-refractivity contribution is 7.99. The van der Waals surface area contributed by atoms with Gasteiger partial charge in [-0.15, -0.1) is 0 Å². The van der Waals surface area contributed by atoms with Gasteiger partial charge in [-0.2, -0.15) is 0 Å². The van der Waals surface area contributed by atoms with E-state index in [9.17, 15) is 14.9 Å². The molecule has 0 saturated heterocycles. The number of carbonyl (C=O) groups excluding carboxylic acids is 1. The maximum Gasteiger partial charge on any atom is 0.323 e. The molecule has 0 spiro atoms. The molecule has 2 N–H and O–H groups in total. The Kier molecular flexibility index (Phi) is 5.45. The number of nitro benzene ring substituents is 1. The molecular formula is C18H14N4O3S. The highest BCUT2D eigenvalue weighted by Crippen LogP contribution is 2.29. The Morgan fingerprint density at radius 3 is 1.88 bits per heavy atom. The van der Waals surface area contributed by atoms with Crippen LogP contribution in [0, 0.1) is 10.1 Å². The highest BCUT2D eigenvalue weighted by Gasteiger charge is 2.06. The van der Waals surface area contributed by atoms with Crippen molar-refractivity contribution in [1.29, 1.82) is 0 Å². The lowest BCUT2D eigenvalue weighted by atomic mass is 10.3. The van der Waals surface area contributed by atoms with Crippen molar-refractivity contribution >= 4 is 34.9 Å². The number of hydrogen-bond donors (Lipinski definition) is 2. The van der Waals surface area contributed by atoms with E-state index in [0.717, 1.165) is 9.79 Å². The topological polar surface area (TPSA) is 97.2 Å². The summed E-state index contributed by atoms with van der Waals surface area (Å²) in [7, 11) is 0. The van der Waals surface area contributed by atoms with Crippen LogP contribution in [0.5, 0.6) is 0 Å². The van der Waals surface area contributed by atoms with Gasteiger partial charge in [-0.1, -0.05) is 11.8 Å². The van der Waals surface area contributed by atoms with Gasteiger partial charge in [0.1, 0.15) is 0 Å². The van der Waals surface area contributed by atoms with Crippen LogP contribution in [0.15, 0.2) is 82.8 Å². The van der Waals surface area contributed by atoms with E-state index in [1.807, 2.05) is 12.1 Å². The lowest BCUT2D eigenvalue weighted by Crippen LogP contribution is -2.19. The standard InChI is InChI=1S/C18H14N4O3S/c23-18(21-14-9-11-19-12-10-14)20-13-1-5-16(6-2-13)26-17-7-3-15(4-8-17)22(24)25/h1-12H,(H2,19,20,21,23). The Bertz CT molecular complexity index is 900. The van der Waals surface area contributed by atoms with Gasteiger partial charge in [-0.05, 0) is 48.5 Å². The second-order valence-electron chi connectivity index (χ2n) is 5.19. The second-order valence-corrected chi connectivity index (χ2v) is 6.34. The molecule has 0 atom stereocenters. The number of anilines is 2. The van der Waals surface area contributed by atoms with Crippen molar-refractivity contribution in [3.8, 4) is 0 Å². The lowest BCUT2D eigenvalue weighted by molar-refractivity contribution is -0.384. The van der Waals surface area contributed by atoms with Crippen LogP contribution in [0.3, 0.4) is 0 Å². The average molecular weight is 366 g/mol. The lowest BCUT2D eigenvalue weighted by Gasteiger charge is -2.08. The van der Waals surface area contributed by atoms with Gasteiger partial charge in [0, 0.05) is 45.7 Å². The summed E-state index contributed by atoms with van der Waals surface area (Å²) in [4.78, 5) is 27.9. The van der Waals surface area contributed by atoms with Crippen LogP contribution in [0.1, 0.15) is 0 Å². The molecule has 2 aromatic carbocycles. The van der Waals surface area contributed by atoms with E-state index in [0.29, 0.717) is 11.4 Å². The summed E-state index contributed by atoms with van der Waals surface area (Å²) in [6.07, 6.45) is 3.19. The molecule has 26 heavy (non-hydrogen) atoms. The Labute approximate surface area is 153 Å². The Hall–Kier alpha value is -3.39. The number of aromatic nitrogens is 1.